The minimum atomic E-state index is -0.339. The Morgan fingerprint density at radius 3 is 1.84 bits per heavy atom. The summed E-state index contributed by atoms with van der Waals surface area (Å²) in [5.41, 5.74) is 9.71. The first-order valence-corrected chi connectivity index (χ1v) is 23.1. The van der Waals surface area contributed by atoms with E-state index in [1.807, 2.05) is 0 Å². The lowest BCUT2D eigenvalue weighted by Gasteiger charge is -2.33. The molecule has 2 N–H and O–H groups in total. The van der Waals surface area contributed by atoms with Crippen LogP contribution in [-0.2, 0) is 0 Å². The summed E-state index contributed by atoms with van der Waals surface area (Å²) >= 11 is 0. The number of furan rings is 1. The maximum atomic E-state index is 6.75. The van der Waals surface area contributed by atoms with Crippen LogP contribution in [0.1, 0.15) is 29.0 Å². The summed E-state index contributed by atoms with van der Waals surface area (Å²) in [6, 6.07) is 81.2. The molecule has 314 valence electrons. The molecule has 67 heavy (non-hydrogen) atoms. The van der Waals surface area contributed by atoms with Crippen LogP contribution in [-0.4, -0.2) is 5.84 Å². The Labute approximate surface area is 386 Å². The zero-order valence-corrected chi connectivity index (χ0v) is 36.4. The van der Waals surface area contributed by atoms with E-state index in [0.29, 0.717) is 0 Å². The van der Waals surface area contributed by atoms with Crippen molar-refractivity contribution in [2.45, 2.75) is 12.3 Å². The van der Waals surface area contributed by atoms with Gasteiger partial charge in [0.05, 0.1) is 0 Å². The molecule has 13 aromatic rings. The Bertz CT molecular complexity index is 4200. The van der Waals surface area contributed by atoms with Crippen molar-refractivity contribution in [1.82, 2.24) is 10.6 Å². The van der Waals surface area contributed by atoms with Crippen LogP contribution in [0.5, 0.6) is 0 Å². The predicted molar refractivity (Wildman–Crippen MR) is 281 cm³/mol. The van der Waals surface area contributed by atoms with Crippen LogP contribution in [0.15, 0.2) is 234 Å². The van der Waals surface area contributed by atoms with E-state index in [9.17, 15) is 0 Å². The monoisotopic (exact) mass is 855 g/mol. The zero-order chi connectivity index (χ0) is 44.0. The van der Waals surface area contributed by atoms with Gasteiger partial charge in [0.25, 0.3) is 0 Å². The van der Waals surface area contributed by atoms with Gasteiger partial charge in [0, 0.05) is 16.3 Å². The first-order chi connectivity index (χ1) is 33.2. The van der Waals surface area contributed by atoms with Gasteiger partial charge in [-0.3, -0.25) is 5.32 Å². The molecule has 12 aromatic carbocycles. The minimum absolute atomic E-state index is 0.207. The lowest BCUT2D eigenvalue weighted by Crippen LogP contribution is -2.45. The average Bonchev–Trinajstić information content (AvgIpc) is 3.78. The van der Waals surface area contributed by atoms with Gasteiger partial charge in [-0.1, -0.05) is 188 Å². The van der Waals surface area contributed by atoms with Gasteiger partial charge in [-0.25, -0.2) is 4.99 Å². The maximum absolute atomic E-state index is 6.75. The first kappa shape index (κ1) is 37.8. The van der Waals surface area contributed by atoms with Crippen molar-refractivity contribution >= 4 is 92.4 Å². The van der Waals surface area contributed by atoms with Gasteiger partial charge in [0.2, 0.25) is 0 Å². The third-order valence-corrected chi connectivity index (χ3v) is 14.1. The van der Waals surface area contributed by atoms with E-state index in [2.05, 4.69) is 235 Å². The number of amidine groups is 1. The number of nitrogens with zero attached hydrogens (tertiary/aromatic N) is 1. The third kappa shape index (κ3) is 6.15. The van der Waals surface area contributed by atoms with Crippen molar-refractivity contribution in [1.29, 1.82) is 0 Å². The van der Waals surface area contributed by atoms with Gasteiger partial charge < -0.3 is 9.73 Å². The lowest BCUT2D eigenvalue weighted by atomic mass is 9.90. The summed E-state index contributed by atoms with van der Waals surface area (Å²) < 4.78 is 6.75. The summed E-state index contributed by atoms with van der Waals surface area (Å²) in [4.78, 5) is 5.49. The number of rotatable bonds is 5. The fraction of sp³-hybridized carbons (Fsp3) is 0.0317. The third-order valence-electron chi connectivity index (χ3n) is 14.1. The van der Waals surface area contributed by atoms with E-state index in [0.717, 1.165) is 71.9 Å². The van der Waals surface area contributed by atoms with E-state index >= 15 is 0 Å². The molecule has 0 fully saturated rings. The summed E-state index contributed by atoms with van der Waals surface area (Å²) in [5, 5.41) is 24.7. The normalized spacial score (nSPS) is 15.3. The van der Waals surface area contributed by atoms with E-state index in [1.165, 1.54) is 59.4 Å². The number of nitrogens with one attached hydrogen (secondary N) is 2. The summed E-state index contributed by atoms with van der Waals surface area (Å²) in [6.45, 7) is 0. The van der Waals surface area contributed by atoms with Crippen molar-refractivity contribution in [3.63, 3.8) is 0 Å². The zero-order valence-electron chi connectivity index (χ0n) is 36.4. The van der Waals surface area contributed by atoms with Crippen LogP contribution in [0.4, 0.5) is 0 Å². The SMILES string of the molecule is c1ccc2cc(C3=NC(c4ccc(-c5cccc6oc7cc(-c8cc9ccccc9c9ccccc89)ccc7c56)c5ccccc45)NC(c4ccc5c(ccc6ccccc65)c4)N3)ccc2c1. The first-order valence-electron chi connectivity index (χ1n) is 23.1. The van der Waals surface area contributed by atoms with E-state index in [1.54, 1.807) is 0 Å². The molecule has 0 aliphatic carbocycles. The topological polar surface area (TPSA) is 49.6 Å². The summed E-state index contributed by atoms with van der Waals surface area (Å²) in [6.07, 6.45) is -0.545. The van der Waals surface area contributed by atoms with Crippen molar-refractivity contribution in [2.24, 2.45) is 4.99 Å². The molecule has 1 aliphatic rings. The summed E-state index contributed by atoms with van der Waals surface area (Å²) in [5.74, 6) is 0.858. The number of hydrogen-bond acceptors (Lipinski definition) is 4. The Balaban J connectivity index is 0.893. The van der Waals surface area contributed by atoms with Crippen LogP contribution < -0.4 is 10.6 Å². The van der Waals surface area contributed by atoms with Crippen LogP contribution >= 0.6 is 0 Å². The Morgan fingerprint density at radius 1 is 0.358 bits per heavy atom. The predicted octanol–water partition coefficient (Wildman–Crippen LogP) is 16.2. The number of hydrogen-bond donors (Lipinski definition) is 2. The van der Waals surface area contributed by atoms with Gasteiger partial charge in [0.1, 0.15) is 29.3 Å². The minimum Gasteiger partial charge on any atom is -0.456 e. The van der Waals surface area contributed by atoms with E-state index in [-0.39, 0.29) is 12.3 Å². The molecular formula is C63H41N3O. The molecule has 0 saturated carbocycles. The highest BCUT2D eigenvalue weighted by Crippen LogP contribution is 2.44. The van der Waals surface area contributed by atoms with Crippen LogP contribution in [0, 0.1) is 0 Å². The van der Waals surface area contributed by atoms with Crippen molar-refractivity contribution in [3.05, 3.63) is 241 Å². The van der Waals surface area contributed by atoms with Crippen LogP contribution in [0.2, 0.25) is 0 Å². The molecular weight excluding hydrogens is 815 g/mol. The molecule has 4 nitrogen and oxygen atoms in total. The van der Waals surface area contributed by atoms with Gasteiger partial charge in [0.15, 0.2) is 0 Å². The van der Waals surface area contributed by atoms with Crippen LogP contribution in [0.3, 0.4) is 0 Å². The smallest absolute Gasteiger partial charge is 0.136 e. The number of aliphatic imine (C=N–C) groups is 1. The Kier molecular flexibility index (Phi) is 8.45. The fourth-order valence-corrected chi connectivity index (χ4v) is 10.9. The van der Waals surface area contributed by atoms with Gasteiger partial charge in [-0.15, -0.1) is 0 Å². The molecule has 0 radical (unpaired) electrons. The quantitative estimate of drug-likeness (QED) is 0.170. The molecule has 0 spiro atoms. The Hall–Kier alpha value is -8.57. The second-order valence-corrected chi connectivity index (χ2v) is 17.9. The molecule has 0 bridgehead atoms. The molecule has 4 heteroatoms. The van der Waals surface area contributed by atoms with Crippen molar-refractivity contribution in [2.75, 3.05) is 0 Å². The lowest BCUT2D eigenvalue weighted by molar-refractivity contribution is 0.411. The Morgan fingerprint density at radius 2 is 0.985 bits per heavy atom. The molecule has 1 aliphatic heterocycles. The standard InChI is InChI=1S/C63H41N3O/c1-2-14-40-34-44(27-24-38(40)12-1)61-64-62(45-29-30-48-42(35-45)26-25-39-13-3-5-16-46(39)48)66-63(65-61)55-33-32-53(50-19-8-9-20-51(50)55)54-22-11-23-58-60(54)56-31-28-43(37-59(56)67-58)57-36-41-15-4-6-17-47(41)49-18-7-10-21-52(49)57/h1-37,62-63,66H,(H,64,65). The average molecular weight is 856 g/mol. The molecule has 2 unspecified atom stereocenters. The van der Waals surface area contributed by atoms with Crippen LogP contribution in [0.25, 0.3) is 109 Å². The van der Waals surface area contributed by atoms with Gasteiger partial charge in [-0.05, 0) is 134 Å². The van der Waals surface area contributed by atoms with E-state index in [4.69, 9.17) is 9.41 Å². The largest absolute Gasteiger partial charge is 0.456 e. The van der Waals surface area contributed by atoms with E-state index < -0.39 is 0 Å². The number of benzene rings is 12. The molecule has 2 atom stereocenters. The van der Waals surface area contributed by atoms with Gasteiger partial charge >= 0.3 is 0 Å². The maximum Gasteiger partial charge on any atom is 0.136 e. The fourth-order valence-electron chi connectivity index (χ4n) is 10.9. The molecule has 14 rings (SSSR count). The summed E-state index contributed by atoms with van der Waals surface area (Å²) in [7, 11) is 0. The molecule has 0 amide bonds. The highest BCUT2D eigenvalue weighted by molar-refractivity contribution is 6.18. The second kappa shape index (κ2) is 15.0. The molecule has 0 saturated heterocycles. The second-order valence-electron chi connectivity index (χ2n) is 17.9. The number of fused-ring (bicyclic) bond motifs is 11. The molecule has 1 aromatic heterocycles. The van der Waals surface area contributed by atoms with Gasteiger partial charge in [-0.2, -0.15) is 0 Å². The highest BCUT2D eigenvalue weighted by Gasteiger charge is 2.28. The highest BCUT2D eigenvalue weighted by atomic mass is 16.3. The molecule has 2 heterocycles. The van der Waals surface area contributed by atoms with Crippen molar-refractivity contribution < 1.29 is 4.42 Å². The van der Waals surface area contributed by atoms with Crippen molar-refractivity contribution in [3.8, 4) is 22.3 Å².